The number of hydrogen-bond donors (Lipinski definition) is 1. The minimum absolute atomic E-state index is 0.00391. The fourth-order valence-electron chi connectivity index (χ4n) is 1.97. The zero-order chi connectivity index (χ0) is 15.4. The zero-order valence-corrected chi connectivity index (χ0v) is 13.7. The predicted octanol–water partition coefficient (Wildman–Crippen LogP) is 4.86. The molecule has 0 radical (unpaired) electrons. The van der Waals surface area contributed by atoms with Crippen LogP contribution in [0.25, 0.3) is 0 Å². The van der Waals surface area contributed by atoms with Crippen LogP contribution in [0.2, 0.25) is 5.02 Å². The number of hydrogen-bond acceptors (Lipinski definition) is 3. The van der Waals surface area contributed by atoms with E-state index in [1.165, 1.54) is 6.07 Å². The summed E-state index contributed by atoms with van der Waals surface area (Å²) < 4.78 is 0.977. The van der Waals surface area contributed by atoms with Gasteiger partial charge in [-0.05, 0) is 36.2 Å². The van der Waals surface area contributed by atoms with E-state index in [9.17, 15) is 10.1 Å². The second-order valence-electron chi connectivity index (χ2n) is 4.69. The number of nitro benzene ring substituents is 1. The summed E-state index contributed by atoms with van der Waals surface area (Å²) in [4.78, 5) is 10.4. The Bertz CT molecular complexity index is 664. The van der Waals surface area contributed by atoms with Crippen LogP contribution in [0.4, 0.5) is 5.69 Å². The molecule has 4 nitrogen and oxygen atoms in total. The van der Waals surface area contributed by atoms with E-state index in [2.05, 4.69) is 21.2 Å². The monoisotopic (exact) mass is 368 g/mol. The summed E-state index contributed by atoms with van der Waals surface area (Å²) in [5.74, 6) is 0. The van der Waals surface area contributed by atoms with Crippen LogP contribution in [0.5, 0.6) is 0 Å². The molecular weight excluding hydrogens is 356 g/mol. The first-order chi connectivity index (χ1) is 9.97. The van der Waals surface area contributed by atoms with Gasteiger partial charge in [0.25, 0.3) is 5.69 Å². The lowest BCUT2D eigenvalue weighted by molar-refractivity contribution is -0.384. The molecule has 0 aromatic heterocycles. The van der Waals surface area contributed by atoms with Gasteiger partial charge in [0.15, 0.2) is 0 Å². The predicted molar refractivity (Wildman–Crippen MR) is 87.5 cm³/mol. The first-order valence-electron chi connectivity index (χ1n) is 6.39. The fourth-order valence-corrected chi connectivity index (χ4v) is 2.55. The third-order valence-corrected chi connectivity index (χ3v) is 4.20. The lowest BCUT2D eigenvalue weighted by Gasteiger charge is -2.15. The molecule has 1 atom stereocenters. The van der Waals surface area contributed by atoms with E-state index in [0.29, 0.717) is 11.6 Å². The number of non-ortho nitro benzene ring substituents is 1. The van der Waals surface area contributed by atoms with Gasteiger partial charge in [0.1, 0.15) is 0 Å². The van der Waals surface area contributed by atoms with Crippen LogP contribution in [-0.2, 0) is 6.54 Å². The molecule has 0 saturated carbocycles. The second kappa shape index (κ2) is 7.02. The van der Waals surface area contributed by atoms with Gasteiger partial charge in [0.05, 0.1) is 4.92 Å². The molecule has 2 aromatic rings. The van der Waals surface area contributed by atoms with Crippen LogP contribution < -0.4 is 5.32 Å². The largest absolute Gasteiger partial charge is 0.306 e. The normalized spacial score (nSPS) is 12.1. The van der Waals surface area contributed by atoms with Gasteiger partial charge in [0, 0.05) is 34.2 Å². The van der Waals surface area contributed by atoms with E-state index >= 15 is 0 Å². The van der Waals surface area contributed by atoms with E-state index < -0.39 is 0 Å². The van der Waals surface area contributed by atoms with Crippen LogP contribution in [0.15, 0.2) is 46.9 Å². The van der Waals surface area contributed by atoms with Crippen molar-refractivity contribution in [3.05, 3.63) is 73.2 Å². The minimum atomic E-state index is -0.385. The van der Waals surface area contributed by atoms with Crippen LogP contribution in [-0.4, -0.2) is 4.92 Å². The topological polar surface area (TPSA) is 55.2 Å². The molecule has 0 aliphatic rings. The third-order valence-electron chi connectivity index (χ3n) is 3.19. The summed E-state index contributed by atoms with van der Waals surface area (Å²) >= 11 is 9.46. The SMILES string of the molecule is CC(NCc1cc(Cl)ccc1Br)c1cccc([N+](=O)[O-])c1. The highest BCUT2D eigenvalue weighted by atomic mass is 79.9. The lowest BCUT2D eigenvalue weighted by Crippen LogP contribution is -2.18. The highest BCUT2D eigenvalue weighted by Crippen LogP contribution is 2.23. The van der Waals surface area contributed by atoms with Gasteiger partial charge in [0.2, 0.25) is 0 Å². The molecule has 0 fully saturated rings. The second-order valence-corrected chi connectivity index (χ2v) is 5.98. The Labute approximate surface area is 136 Å². The molecule has 0 bridgehead atoms. The molecule has 0 aliphatic heterocycles. The highest BCUT2D eigenvalue weighted by Gasteiger charge is 2.11. The van der Waals surface area contributed by atoms with E-state index in [0.717, 1.165) is 15.6 Å². The Balaban J connectivity index is 2.08. The Kier molecular flexibility index (Phi) is 5.33. The van der Waals surface area contributed by atoms with Gasteiger partial charge in [-0.1, -0.05) is 39.7 Å². The van der Waals surface area contributed by atoms with Gasteiger partial charge in [-0.25, -0.2) is 0 Å². The van der Waals surface area contributed by atoms with Crippen molar-refractivity contribution in [2.24, 2.45) is 0 Å². The third kappa shape index (κ3) is 4.27. The molecule has 1 N–H and O–H groups in total. The molecule has 0 aliphatic carbocycles. The molecule has 6 heteroatoms. The van der Waals surface area contributed by atoms with Crippen molar-refractivity contribution in [3.8, 4) is 0 Å². The van der Waals surface area contributed by atoms with Crippen molar-refractivity contribution in [1.29, 1.82) is 0 Å². The standard InChI is InChI=1S/C15H14BrClN2O2/c1-10(11-3-2-4-14(8-11)19(20)21)18-9-12-7-13(17)5-6-15(12)16/h2-8,10,18H,9H2,1H3. The summed E-state index contributed by atoms with van der Waals surface area (Å²) in [5, 5.41) is 14.8. The van der Waals surface area contributed by atoms with Crippen molar-refractivity contribution in [3.63, 3.8) is 0 Å². The molecule has 0 spiro atoms. The number of nitrogens with one attached hydrogen (secondary N) is 1. The van der Waals surface area contributed by atoms with Crippen molar-refractivity contribution in [2.75, 3.05) is 0 Å². The van der Waals surface area contributed by atoms with Crippen LogP contribution >= 0.6 is 27.5 Å². The van der Waals surface area contributed by atoms with Gasteiger partial charge in [-0.2, -0.15) is 0 Å². The van der Waals surface area contributed by atoms with Crippen molar-refractivity contribution >= 4 is 33.2 Å². The zero-order valence-electron chi connectivity index (χ0n) is 11.3. The maximum absolute atomic E-state index is 10.8. The highest BCUT2D eigenvalue weighted by molar-refractivity contribution is 9.10. The summed E-state index contributed by atoms with van der Waals surface area (Å²) in [6.07, 6.45) is 0. The number of nitro groups is 1. The molecule has 0 amide bonds. The van der Waals surface area contributed by atoms with Gasteiger partial charge in [-0.3, -0.25) is 10.1 Å². The van der Waals surface area contributed by atoms with E-state index in [-0.39, 0.29) is 16.7 Å². The first-order valence-corrected chi connectivity index (χ1v) is 7.56. The van der Waals surface area contributed by atoms with Crippen LogP contribution in [0.1, 0.15) is 24.1 Å². The van der Waals surface area contributed by atoms with E-state index in [1.54, 1.807) is 12.1 Å². The summed E-state index contributed by atoms with van der Waals surface area (Å²) in [7, 11) is 0. The Morgan fingerprint density at radius 3 is 2.81 bits per heavy atom. The first kappa shape index (κ1) is 15.9. The number of benzene rings is 2. The molecule has 0 saturated heterocycles. The maximum Gasteiger partial charge on any atom is 0.269 e. The summed E-state index contributed by atoms with van der Waals surface area (Å²) in [5.41, 5.74) is 2.02. The Morgan fingerprint density at radius 1 is 1.33 bits per heavy atom. The number of nitrogens with zero attached hydrogens (tertiary/aromatic N) is 1. The average molecular weight is 370 g/mol. The number of rotatable bonds is 5. The van der Waals surface area contributed by atoms with Crippen LogP contribution in [0, 0.1) is 10.1 Å². The molecule has 1 unspecified atom stereocenters. The van der Waals surface area contributed by atoms with Crippen molar-refractivity contribution in [2.45, 2.75) is 19.5 Å². The summed E-state index contributed by atoms with van der Waals surface area (Å²) in [6.45, 7) is 2.59. The molecular formula is C15H14BrClN2O2. The quantitative estimate of drug-likeness (QED) is 0.605. The fraction of sp³-hybridized carbons (Fsp3) is 0.200. The molecule has 2 aromatic carbocycles. The van der Waals surface area contributed by atoms with Crippen molar-refractivity contribution < 1.29 is 4.92 Å². The van der Waals surface area contributed by atoms with Crippen LogP contribution in [0.3, 0.4) is 0 Å². The van der Waals surface area contributed by atoms with E-state index in [1.807, 2.05) is 31.2 Å². The summed E-state index contributed by atoms with van der Waals surface area (Å²) in [6, 6.07) is 12.2. The van der Waals surface area contributed by atoms with Crippen molar-refractivity contribution in [1.82, 2.24) is 5.32 Å². The molecule has 21 heavy (non-hydrogen) atoms. The van der Waals surface area contributed by atoms with Gasteiger partial charge < -0.3 is 5.32 Å². The Hall–Kier alpha value is -1.43. The minimum Gasteiger partial charge on any atom is -0.306 e. The number of halogens is 2. The average Bonchev–Trinajstić information content (AvgIpc) is 2.48. The smallest absolute Gasteiger partial charge is 0.269 e. The lowest BCUT2D eigenvalue weighted by atomic mass is 10.1. The molecule has 0 heterocycles. The molecule has 2 rings (SSSR count). The van der Waals surface area contributed by atoms with Gasteiger partial charge >= 0.3 is 0 Å². The van der Waals surface area contributed by atoms with Gasteiger partial charge in [-0.15, -0.1) is 0 Å². The van der Waals surface area contributed by atoms with E-state index in [4.69, 9.17) is 11.6 Å². The Morgan fingerprint density at radius 2 is 2.10 bits per heavy atom. The maximum atomic E-state index is 10.8. The molecule has 110 valence electrons.